The number of fused-ring (bicyclic) bond motifs is 1. The first-order valence-electron chi connectivity index (χ1n) is 7.53. The van der Waals surface area contributed by atoms with E-state index in [1.165, 1.54) is 19.4 Å². The van der Waals surface area contributed by atoms with Gasteiger partial charge in [-0.2, -0.15) is 0 Å². The predicted octanol–water partition coefficient (Wildman–Crippen LogP) is 4.33. The van der Waals surface area contributed by atoms with Gasteiger partial charge in [0.25, 0.3) is 0 Å². The van der Waals surface area contributed by atoms with Crippen molar-refractivity contribution in [2.24, 2.45) is 5.92 Å². The largest absolute Gasteiger partial charge is 0.325 e. The van der Waals surface area contributed by atoms with Crippen molar-refractivity contribution in [3.05, 3.63) is 29.0 Å². The molecule has 1 aliphatic rings. The fourth-order valence-electron chi connectivity index (χ4n) is 3.33. The molecule has 2 heterocycles. The lowest BCUT2D eigenvalue weighted by Crippen LogP contribution is -2.34. The van der Waals surface area contributed by atoms with Crippen molar-refractivity contribution in [3.8, 4) is 0 Å². The summed E-state index contributed by atoms with van der Waals surface area (Å²) >= 11 is 12.8. The molecule has 1 aliphatic heterocycles. The monoisotopic (exact) mass is 325 g/mol. The second-order valence-electron chi connectivity index (χ2n) is 6.07. The highest BCUT2D eigenvalue weighted by molar-refractivity contribution is 6.35. The van der Waals surface area contributed by atoms with Crippen LogP contribution in [0.3, 0.4) is 0 Å². The first kappa shape index (κ1) is 15.1. The Morgan fingerprint density at radius 2 is 2.24 bits per heavy atom. The molecule has 0 bridgehead atoms. The van der Waals surface area contributed by atoms with Gasteiger partial charge in [-0.1, -0.05) is 17.7 Å². The summed E-state index contributed by atoms with van der Waals surface area (Å²) in [6, 6.07) is 5.88. The number of benzene rings is 1. The maximum Gasteiger partial charge on any atom is 0.127 e. The first-order chi connectivity index (χ1) is 10.1. The van der Waals surface area contributed by atoms with Crippen LogP contribution in [0.1, 0.15) is 31.0 Å². The van der Waals surface area contributed by atoms with E-state index in [1.807, 2.05) is 25.1 Å². The van der Waals surface area contributed by atoms with E-state index in [9.17, 15) is 0 Å². The van der Waals surface area contributed by atoms with Crippen LogP contribution in [-0.4, -0.2) is 34.6 Å². The zero-order valence-corrected chi connectivity index (χ0v) is 14.0. The molecule has 3 nitrogen and oxygen atoms in total. The third-order valence-electron chi connectivity index (χ3n) is 4.27. The Labute approximate surface area is 135 Å². The maximum absolute atomic E-state index is 6.41. The minimum absolute atomic E-state index is 0.116. The Morgan fingerprint density at radius 1 is 1.43 bits per heavy atom. The third-order valence-corrected chi connectivity index (χ3v) is 4.77. The number of hydrogen-bond donors (Lipinski definition) is 0. The van der Waals surface area contributed by atoms with Gasteiger partial charge >= 0.3 is 0 Å². The second kappa shape index (κ2) is 6.15. The minimum Gasteiger partial charge on any atom is -0.325 e. The van der Waals surface area contributed by atoms with Crippen molar-refractivity contribution in [1.29, 1.82) is 0 Å². The number of aromatic nitrogens is 2. The van der Waals surface area contributed by atoms with Crippen LogP contribution in [0.4, 0.5) is 0 Å². The Kier molecular flexibility index (Phi) is 4.43. The molecule has 21 heavy (non-hydrogen) atoms. The average Bonchev–Trinajstić information content (AvgIpc) is 2.79. The summed E-state index contributed by atoms with van der Waals surface area (Å²) in [6.45, 7) is 5.23. The van der Waals surface area contributed by atoms with Gasteiger partial charge in [0, 0.05) is 13.1 Å². The molecular weight excluding hydrogens is 305 g/mol. The zero-order chi connectivity index (χ0) is 15.0. The zero-order valence-electron chi connectivity index (χ0n) is 12.5. The van der Waals surface area contributed by atoms with Crippen LogP contribution < -0.4 is 0 Å². The normalized spacial score (nSPS) is 21.8. The average molecular weight is 326 g/mol. The molecule has 0 radical (unpaired) electrons. The highest BCUT2D eigenvalue weighted by atomic mass is 35.5. The Bertz CT molecular complexity index is 636. The smallest absolute Gasteiger partial charge is 0.127 e. The van der Waals surface area contributed by atoms with Crippen molar-refractivity contribution in [2.75, 3.05) is 20.1 Å². The third kappa shape index (κ3) is 3.05. The molecule has 1 fully saturated rings. The van der Waals surface area contributed by atoms with Crippen molar-refractivity contribution in [3.63, 3.8) is 0 Å². The standard InChI is InChI=1S/C16H21Cl2N3/c1-11(17)16-19-14-7-3-6-13(18)15(14)21(16)10-12-5-4-8-20(2)9-12/h3,6-7,11-12H,4-5,8-10H2,1-2H3. The molecule has 2 atom stereocenters. The van der Waals surface area contributed by atoms with Crippen molar-refractivity contribution in [1.82, 2.24) is 14.5 Å². The number of halogens is 2. The van der Waals surface area contributed by atoms with Crippen molar-refractivity contribution >= 4 is 34.2 Å². The fourth-order valence-corrected chi connectivity index (χ4v) is 3.77. The number of piperidine rings is 1. The summed E-state index contributed by atoms with van der Waals surface area (Å²) in [4.78, 5) is 7.09. The highest BCUT2D eigenvalue weighted by Crippen LogP contribution is 2.31. The predicted molar refractivity (Wildman–Crippen MR) is 89.2 cm³/mol. The number of imidazole rings is 1. The summed E-state index contributed by atoms with van der Waals surface area (Å²) in [6.07, 6.45) is 2.51. The van der Waals surface area contributed by atoms with Gasteiger partial charge in [0.05, 0.1) is 21.4 Å². The van der Waals surface area contributed by atoms with Crippen LogP contribution in [-0.2, 0) is 6.54 Å². The van der Waals surface area contributed by atoms with Crippen LogP contribution in [0.5, 0.6) is 0 Å². The Hall–Kier alpha value is -0.770. The topological polar surface area (TPSA) is 21.1 Å². The van der Waals surface area contributed by atoms with Crippen LogP contribution in [0, 0.1) is 5.92 Å². The highest BCUT2D eigenvalue weighted by Gasteiger charge is 2.22. The molecule has 1 saturated heterocycles. The molecule has 114 valence electrons. The van der Waals surface area contributed by atoms with E-state index in [4.69, 9.17) is 28.2 Å². The number of nitrogens with zero attached hydrogens (tertiary/aromatic N) is 3. The van der Waals surface area contributed by atoms with E-state index in [2.05, 4.69) is 16.5 Å². The van der Waals surface area contributed by atoms with Gasteiger partial charge in [-0.05, 0) is 51.4 Å². The van der Waals surface area contributed by atoms with E-state index in [-0.39, 0.29) is 5.38 Å². The van der Waals surface area contributed by atoms with Crippen molar-refractivity contribution in [2.45, 2.75) is 31.7 Å². The van der Waals surface area contributed by atoms with Crippen molar-refractivity contribution < 1.29 is 0 Å². The SMILES string of the molecule is CC(Cl)c1nc2cccc(Cl)c2n1CC1CCCN(C)C1. The molecule has 0 saturated carbocycles. The van der Waals surface area contributed by atoms with Crippen LogP contribution in [0.15, 0.2) is 18.2 Å². The second-order valence-corrected chi connectivity index (χ2v) is 7.14. The Balaban J connectivity index is 2.00. The van der Waals surface area contributed by atoms with Crippen LogP contribution in [0.2, 0.25) is 5.02 Å². The van der Waals surface area contributed by atoms with Gasteiger partial charge in [-0.25, -0.2) is 4.98 Å². The molecule has 3 rings (SSSR count). The molecule has 2 aromatic rings. The quantitative estimate of drug-likeness (QED) is 0.783. The van der Waals surface area contributed by atoms with Gasteiger partial charge in [-0.3, -0.25) is 0 Å². The van der Waals surface area contributed by atoms with Gasteiger partial charge in [-0.15, -0.1) is 11.6 Å². The molecule has 0 N–H and O–H groups in total. The van der Waals surface area contributed by atoms with E-state index in [1.54, 1.807) is 0 Å². The first-order valence-corrected chi connectivity index (χ1v) is 8.35. The molecule has 5 heteroatoms. The summed E-state index contributed by atoms with van der Waals surface area (Å²) in [5.74, 6) is 1.56. The summed E-state index contributed by atoms with van der Waals surface area (Å²) < 4.78 is 2.24. The van der Waals surface area contributed by atoms with Gasteiger partial charge < -0.3 is 9.47 Å². The lowest BCUT2D eigenvalue weighted by atomic mass is 9.98. The molecule has 0 aliphatic carbocycles. The van der Waals surface area contributed by atoms with E-state index in [0.29, 0.717) is 5.92 Å². The van der Waals surface area contributed by atoms with Crippen LogP contribution >= 0.6 is 23.2 Å². The van der Waals surface area contributed by atoms with Gasteiger partial charge in [0.2, 0.25) is 0 Å². The molecule has 0 amide bonds. The van der Waals surface area contributed by atoms with Gasteiger partial charge in [0.15, 0.2) is 0 Å². The molecular formula is C16H21Cl2N3. The molecule has 1 aromatic heterocycles. The minimum atomic E-state index is -0.116. The fraction of sp³-hybridized carbons (Fsp3) is 0.562. The van der Waals surface area contributed by atoms with E-state index in [0.717, 1.165) is 35.0 Å². The molecule has 2 unspecified atom stereocenters. The van der Waals surface area contributed by atoms with E-state index < -0.39 is 0 Å². The lowest BCUT2D eigenvalue weighted by Gasteiger charge is -2.30. The number of likely N-dealkylation sites (tertiary alicyclic amines) is 1. The number of para-hydroxylation sites is 1. The number of rotatable bonds is 3. The summed E-state index contributed by atoms with van der Waals surface area (Å²) in [5.41, 5.74) is 1.96. The number of alkyl halides is 1. The lowest BCUT2D eigenvalue weighted by molar-refractivity contribution is 0.194. The molecule has 0 spiro atoms. The number of hydrogen-bond acceptors (Lipinski definition) is 2. The Morgan fingerprint density at radius 3 is 2.95 bits per heavy atom. The van der Waals surface area contributed by atoms with E-state index >= 15 is 0 Å². The molecule has 1 aromatic carbocycles. The maximum atomic E-state index is 6.41. The summed E-state index contributed by atoms with van der Waals surface area (Å²) in [7, 11) is 2.19. The summed E-state index contributed by atoms with van der Waals surface area (Å²) in [5, 5.41) is 0.641. The van der Waals surface area contributed by atoms with Gasteiger partial charge in [0.1, 0.15) is 5.82 Å². The van der Waals surface area contributed by atoms with Crippen LogP contribution in [0.25, 0.3) is 11.0 Å².